The SMILES string of the molecule is C#CCOCCOc1ccc2c(c1)CCc1ccc(Cl)cc1N2CCCCNC. The van der Waals surface area contributed by atoms with Crippen molar-refractivity contribution >= 4 is 23.0 Å². The normalized spacial score (nSPS) is 12.7. The van der Waals surface area contributed by atoms with Crippen LogP contribution in [0.2, 0.25) is 5.02 Å². The van der Waals surface area contributed by atoms with Crippen molar-refractivity contribution in [3.05, 3.63) is 52.5 Å². The molecule has 0 spiro atoms. The summed E-state index contributed by atoms with van der Waals surface area (Å²) < 4.78 is 11.1. The lowest BCUT2D eigenvalue weighted by Gasteiger charge is -2.27. The highest BCUT2D eigenvalue weighted by molar-refractivity contribution is 6.30. The smallest absolute Gasteiger partial charge is 0.119 e. The number of ether oxygens (including phenoxy) is 2. The van der Waals surface area contributed by atoms with Crippen LogP contribution in [0.25, 0.3) is 0 Å². The van der Waals surface area contributed by atoms with E-state index in [1.165, 1.54) is 22.5 Å². The van der Waals surface area contributed by atoms with Gasteiger partial charge in [-0.05, 0) is 80.7 Å². The van der Waals surface area contributed by atoms with E-state index in [9.17, 15) is 0 Å². The van der Waals surface area contributed by atoms with Crippen LogP contribution >= 0.6 is 11.6 Å². The number of anilines is 2. The summed E-state index contributed by atoms with van der Waals surface area (Å²) in [6.45, 7) is 3.28. The molecule has 1 N–H and O–H groups in total. The lowest BCUT2D eigenvalue weighted by molar-refractivity contribution is 0.124. The Morgan fingerprint density at radius 1 is 1.07 bits per heavy atom. The maximum atomic E-state index is 6.34. The number of terminal acetylenes is 1. The number of benzene rings is 2. The van der Waals surface area contributed by atoms with Gasteiger partial charge in [0.25, 0.3) is 0 Å². The molecule has 0 aliphatic carbocycles. The maximum absolute atomic E-state index is 6.34. The van der Waals surface area contributed by atoms with Crippen LogP contribution in [-0.2, 0) is 17.6 Å². The molecule has 0 unspecified atom stereocenters. The molecular formula is C24H29ClN2O2. The second kappa shape index (κ2) is 11.1. The zero-order valence-electron chi connectivity index (χ0n) is 17.0. The summed E-state index contributed by atoms with van der Waals surface area (Å²) in [6.07, 6.45) is 9.40. The van der Waals surface area contributed by atoms with Gasteiger partial charge in [-0.15, -0.1) is 6.42 Å². The Labute approximate surface area is 179 Å². The van der Waals surface area contributed by atoms with Crippen LogP contribution in [0, 0.1) is 12.3 Å². The lowest BCUT2D eigenvalue weighted by atomic mass is 10.0. The summed E-state index contributed by atoms with van der Waals surface area (Å²) in [6, 6.07) is 12.6. The first-order valence-corrected chi connectivity index (χ1v) is 10.6. The minimum Gasteiger partial charge on any atom is -0.491 e. The largest absolute Gasteiger partial charge is 0.491 e. The van der Waals surface area contributed by atoms with Crippen LogP contribution in [0.1, 0.15) is 24.0 Å². The van der Waals surface area contributed by atoms with Gasteiger partial charge in [0.15, 0.2) is 0 Å². The van der Waals surface area contributed by atoms with E-state index in [1.54, 1.807) is 0 Å². The Balaban J connectivity index is 1.79. The van der Waals surface area contributed by atoms with Crippen LogP contribution in [0.5, 0.6) is 5.75 Å². The molecule has 0 saturated carbocycles. The monoisotopic (exact) mass is 412 g/mol. The number of hydrogen-bond acceptors (Lipinski definition) is 4. The van der Waals surface area contributed by atoms with Gasteiger partial charge in [-0.2, -0.15) is 0 Å². The Bertz CT molecular complexity index is 847. The number of aryl methyl sites for hydroxylation is 2. The summed E-state index contributed by atoms with van der Waals surface area (Å²) in [5.41, 5.74) is 5.10. The summed E-state index contributed by atoms with van der Waals surface area (Å²) in [7, 11) is 2.00. The highest BCUT2D eigenvalue weighted by Crippen LogP contribution is 2.39. The number of rotatable bonds is 10. The molecule has 0 fully saturated rings. The third-order valence-corrected chi connectivity index (χ3v) is 5.32. The van der Waals surface area contributed by atoms with Crippen LogP contribution < -0.4 is 15.0 Å². The van der Waals surface area contributed by atoms with Crippen molar-refractivity contribution < 1.29 is 9.47 Å². The highest BCUT2D eigenvalue weighted by Gasteiger charge is 2.21. The van der Waals surface area contributed by atoms with Gasteiger partial charge in [0.2, 0.25) is 0 Å². The lowest BCUT2D eigenvalue weighted by Crippen LogP contribution is -2.21. The minimum absolute atomic E-state index is 0.316. The van der Waals surface area contributed by atoms with E-state index < -0.39 is 0 Å². The molecule has 29 heavy (non-hydrogen) atoms. The van der Waals surface area contributed by atoms with E-state index in [0.29, 0.717) is 19.8 Å². The topological polar surface area (TPSA) is 33.7 Å². The molecule has 1 heterocycles. The minimum atomic E-state index is 0.316. The number of hydrogen-bond donors (Lipinski definition) is 1. The van der Waals surface area contributed by atoms with Crippen molar-refractivity contribution in [1.82, 2.24) is 5.32 Å². The first kappa shape index (κ1) is 21.5. The molecule has 0 amide bonds. The van der Waals surface area contributed by atoms with Crippen LogP contribution in [0.3, 0.4) is 0 Å². The van der Waals surface area contributed by atoms with Gasteiger partial charge in [0.05, 0.1) is 6.61 Å². The fourth-order valence-electron chi connectivity index (χ4n) is 3.68. The Morgan fingerprint density at radius 3 is 2.76 bits per heavy atom. The van der Waals surface area contributed by atoms with Crippen molar-refractivity contribution in [2.45, 2.75) is 25.7 Å². The molecule has 0 bridgehead atoms. The standard InChI is InChI=1S/C24H29ClN2O2/c1-3-14-28-15-16-29-22-10-11-23-20(17-22)7-6-19-8-9-21(25)18-24(19)27(23)13-5-4-12-26-2/h1,8-11,17-18,26H,4-7,12-16H2,2H3. The second-order valence-corrected chi connectivity index (χ2v) is 7.57. The zero-order chi connectivity index (χ0) is 20.5. The van der Waals surface area contributed by atoms with Crippen LogP contribution in [0.4, 0.5) is 11.4 Å². The van der Waals surface area contributed by atoms with Gasteiger partial charge in [0, 0.05) is 22.9 Å². The Morgan fingerprint density at radius 2 is 1.93 bits per heavy atom. The molecule has 1 aliphatic heterocycles. The van der Waals surface area contributed by atoms with Crippen molar-refractivity contribution in [3.8, 4) is 18.1 Å². The van der Waals surface area contributed by atoms with Gasteiger partial charge in [-0.3, -0.25) is 0 Å². The third-order valence-electron chi connectivity index (χ3n) is 5.08. The fraction of sp³-hybridized carbons (Fsp3) is 0.417. The quantitative estimate of drug-likeness (QED) is 0.456. The second-order valence-electron chi connectivity index (χ2n) is 7.13. The van der Waals surface area contributed by atoms with Crippen molar-refractivity contribution in [1.29, 1.82) is 0 Å². The molecule has 5 heteroatoms. The molecule has 2 aromatic carbocycles. The van der Waals surface area contributed by atoms with E-state index >= 15 is 0 Å². The van der Waals surface area contributed by atoms with E-state index in [-0.39, 0.29) is 0 Å². The Kier molecular flexibility index (Phi) is 8.25. The van der Waals surface area contributed by atoms with Crippen LogP contribution in [0.15, 0.2) is 36.4 Å². The van der Waals surface area contributed by atoms with Crippen LogP contribution in [-0.4, -0.2) is 40.0 Å². The molecule has 4 nitrogen and oxygen atoms in total. The number of unbranched alkanes of at least 4 members (excludes halogenated alkanes) is 1. The van der Waals surface area contributed by atoms with Gasteiger partial charge in [-0.1, -0.05) is 23.6 Å². The number of nitrogens with zero attached hydrogens (tertiary/aromatic N) is 1. The summed E-state index contributed by atoms with van der Waals surface area (Å²) in [5.74, 6) is 3.33. The highest BCUT2D eigenvalue weighted by atomic mass is 35.5. The zero-order valence-corrected chi connectivity index (χ0v) is 17.8. The summed E-state index contributed by atoms with van der Waals surface area (Å²) >= 11 is 6.34. The predicted molar refractivity (Wildman–Crippen MR) is 121 cm³/mol. The molecule has 3 rings (SSSR count). The van der Waals surface area contributed by atoms with E-state index in [0.717, 1.165) is 49.5 Å². The first-order valence-electron chi connectivity index (χ1n) is 10.2. The van der Waals surface area contributed by atoms with E-state index in [2.05, 4.69) is 40.4 Å². The molecule has 0 saturated heterocycles. The number of fused-ring (bicyclic) bond motifs is 2. The van der Waals surface area contributed by atoms with Gasteiger partial charge < -0.3 is 19.7 Å². The predicted octanol–water partition coefficient (Wildman–Crippen LogP) is 4.60. The molecule has 0 atom stereocenters. The summed E-state index contributed by atoms with van der Waals surface area (Å²) in [4.78, 5) is 2.42. The molecule has 154 valence electrons. The average molecular weight is 413 g/mol. The molecule has 0 aromatic heterocycles. The third kappa shape index (κ3) is 5.90. The fourth-order valence-corrected chi connectivity index (χ4v) is 3.84. The molecule has 0 radical (unpaired) electrons. The summed E-state index contributed by atoms with van der Waals surface area (Å²) in [5, 5.41) is 4.00. The molecule has 1 aliphatic rings. The number of nitrogens with one attached hydrogen (secondary N) is 1. The molecular weight excluding hydrogens is 384 g/mol. The average Bonchev–Trinajstić information content (AvgIpc) is 2.87. The first-order chi connectivity index (χ1) is 14.2. The van der Waals surface area contributed by atoms with Gasteiger partial charge in [0.1, 0.15) is 19.0 Å². The van der Waals surface area contributed by atoms with Crippen molar-refractivity contribution in [2.75, 3.05) is 44.9 Å². The van der Waals surface area contributed by atoms with E-state index in [4.69, 9.17) is 27.5 Å². The van der Waals surface area contributed by atoms with E-state index in [1.807, 2.05) is 19.2 Å². The van der Waals surface area contributed by atoms with Crippen molar-refractivity contribution in [3.63, 3.8) is 0 Å². The van der Waals surface area contributed by atoms with Crippen molar-refractivity contribution in [2.24, 2.45) is 0 Å². The number of halogens is 1. The van der Waals surface area contributed by atoms with Gasteiger partial charge in [-0.25, -0.2) is 0 Å². The Hall–Kier alpha value is -2.19. The molecule has 2 aromatic rings. The van der Waals surface area contributed by atoms with Gasteiger partial charge >= 0.3 is 0 Å². The maximum Gasteiger partial charge on any atom is 0.119 e.